The van der Waals surface area contributed by atoms with Gasteiger partial charge in [-0.1, -0.05) is 13.8 Å². The van der Waals surface area contributed by atoms with Crippen molar-refractivity contribution in [1.29, 1.82) is 0 Å². The lowest BCUT2D eigenvalue weighted by atomic mass is 9.92. The van der Waals surface area contributed by atoms with E-state index in [4.69, 9.17) is 10.2 Å². The minimum atomic E-state index is -0.645. The second-order valence-corrected chi connectivity index (χ2v) is 5.68. The lowest BCUT2D eigenvalue weighted by molar-refractivity contribution is -0.141. The molecule has 104 valence electrons. The Morgan fingerprint density at radius 3 is 2.80 bits per heavy atom. The van der Waals surface area contributed by atoms with Crippen molar-refractivity contribution in [2.45, 2.75) is 26.8 Å². The highest BCUT2D eigenvalue weighted by molar-refractivity contribution is 6.05. The quantitative estimate of drug-likeness (QED) is 0.664. The van der Waals surface area contributed by atoms with Gasteiger partial charge < -0.3 is 10.2 Å². The number of rotatable bonds is 2. The van der Waals surface area contributed by atoms with Gasteiger partial charge in [-0.15, -0.1) is 0 Å². The van der Waals surface area contributed by atoms with Crippen LogP contribution < -0.4 is 5.73 Å². The summed E-state index contributed by atoms with van der Waals surface area (Å²) in [5, 5.41) is 0. The standard InChI is InChI=1S/C14H15N3O3/c1-14(2)6-12(18)17(13(14)19)7-11-16-9-5-8(15)3-4-10(9)20-11/h3-5H,6-7,15H2,1-2H3. The molecule has 0 radical (unpaired) electrons. The summed E-state index contributed by atoms with van der Waals surface area (Å²) < 4.78 is 5.54. The Kier molecular flexibility index (Phi) is 2.57. The molecule has 0 bridgehead atoms. The Balaban J connectivity index is 1.90. The number of aromatic nitrogens is 1. The number of benzene rings is 1. The summed E-state index contributed by atoms with van der Waals surface area (Å²) in [7, 11) is 0. The molecule has 0 spiro atoms. The number of hydrogen-bond donors (Lipinski definition) is 1. The Morgan fingerprint density at radius 1 is 1.40 bits per heavy atom. The molecule has 1 aliphatic heterocycles. The Labute approximate surface area is 115 Å². The van der Waals surface area contributed by atoms with Crippen molar-refractivity contribution in [2.24, 2.45) is 5.41 Å². The molecule has 1 fully saturated rings. The topological polar surface area (TPSA) is 89.4 Å². The maximum Gasteiger partial charge on any atom is 0.235 e. The van der Waals surface area contributed by atoms with Crippen molar-refractivity contribution >= 4 is 28.6 Å². The smallest absolute Gasteiger partial charge is 0.235 e. The van der Waals surface area contributed by atoms with Crippen molar-refractivity contribution in [3.8, 4) is 0 Å². The Hall–Kier alpha value is -2.37. The number of oxazole rings is 1. The second-order valence-electron chi connectivity index (χ2n) is 5.68. The number of fused-ring (bicyclic) bond motifs is 1. The molecule has 0 atom stereocenters. The van der Waals surface area contributed by atoms with Crippen LogP contribution in [0.15, 0.2) is 22.6 Å². The average Bonchev–Trinajstić information content (AvgIpc) is 2.83. The van der Waals surface area contributed by atoms with E-state index in [1.165, 1.54) is 4.90 Å². The van der Waals surface area contributed by atoms with Crippen LogP contribution >= 0.6 is 0 Å². The van der Waals surface area contributed by atoms with Gasteiger partial charge >= 0.3 is 0 Å². The van der Waals surface area contributed by atoms with Gasteiger partial charge in [0.05, 0.1) is 5.41 Å². The number of imide groups is 1. The molecule has 1 saturated heterocycles. The summed E-state index contributed by atoms with van der Waals surface area (Å²) in [6.45, 7) is 3.59. The van der Waals surface area contributed by atoms with E-state index < -0.39 is 5.41 Å². The Morgan fingerprint density at radius 2 is 2.15 bits per heavy atom. The summed E-state index contributed by atoms with van der Waals surface area (Å²) in [4.78, 5) is 29.5. The summed E-state index contributed by atoms with van der Waals surface area (Å²) in [5.41, 5.74) is 6.83. The normalized spacial score (nSPS) is 18.2. The summed E-state index contributed by atoms with van der Waals surface area (Å²) >= 11 is 0. The molecule has 6 nitrogen and oxygen atoms in total. The van der Waals surface area contributed by atoms with Crippen LogP contribution in [0.4, 0.5) is 5.69 Å². The zero-order valence-electron chi connectivity index (χ0n) is 11.3. The molecule has 20 heavy (non-hydrogen) atoms. The second kappa shape index (κ2) is 4.06. The lowest BCUT2D eigenvalue weighted by Gasteiger charge is -2.15. The molecular formula is C14H15N3O3. The molecule has 6 heteroatoms. The number of likely N-dealkylation sites (tertiary alicyclic amines) is 1. The van der Waals surface area contributed by atoms with E-state index in [-0.39, 0.29) is 24.8 Å². The van der Waals surface area contributed by atoms with Crippen LogP contribution in [0.1, 0.15) is 26.2 Å². The minimum absolute atomic E-state index is 0.0652. The summed E-state index contributed by atoms with van der Waals surface area (Å²) in [6.07, 6.45) is 0.221. The van der Waals surface area contributed by atoms with E-state index >= 15 is 0 Å². The van der Waals surface area contributed by atoms with Crippen LogP contribution in [0.2, 0.25) is 0 Å². The number of nitrogen functional groups attached to an aromatic ring is 1. The highest BCUT2D eigenvalue weighted by Crippen LogP contribution is 2.32. The molecule has 1 aliphatic rings. The number of nitrogens with two attached hydrogens (primary N) is 1. The van der Waals surface area contributed by atoms with Gasteiger partial charge in [-0.3, -0.25) is 14.5 Å². The maximum atomic E-state index is 12.1. The molecule has 1 aromatic heterocycles. The fourth-order valence-electron chi connectivity index (χ4n) is 2.38. The summed E-state index contributed by atoms with van der Waals surface area (Å²) in [6, 6.07) is 5.13. The van der Waals surface area contributed by atoms with E-state index in [9.17, 15) is 9.59 Å². The number of amides is 2. The first-order valence-electron chi connectivity index (χ1n) is 6.36. The number of anilines is 1. The first kappa shape index (κ1) is 12.7. The van der Waals surface area contributed by atoms with Crippen LogP contribution in [0.5, 0.6) is 0 Å². The van der Waals surface area contributed by atoms with Crippen LogP contribution in [0.25, 0.3) is 11.1 Å². The van der Waals surface area contributed by atoms with E-state index in [0.29, 0.717) is 22.7 Å². The van der Waals surface area contributed by atoms with Crippen LogP contribution in [-0.4, -0.2) is 21.7 Å². The highest BCUT2D eigenvalue weighted by atomic mass is 16.3. The van der Waals surface area contributed by atoms with Crippen molar-refractivity contribution in [1.82, 2.24) is 9.88 Å². The largest absolute Gasteiger partial charge is 0.439 e. The van der Waals surface area contributed by atoms with E-state index in [1.807, 2.05) is 0 Å². The molecule has 3 rings (SSSR count). The third kappa shape index (κ3) is 1.93. The fourth-order valence-corrected chi connectivity index (χ4v) is 2.38. The Bertz CT molecular complexity index is 718. The third-order valence-electron chi connectivity index (χ3n) is 3.47. The molecular weight excluding hydrogens is 258 g/mol. The first-order valence-corrected chi connectivity index (χ1v) is 6.36. The predicted octanol–water partition coefficient (Wildman–Crippen LogP) is 1.70. The van der Waals surface area contributed by atoms with Gasteiger partial charge in [-0.25, -0.2) is 4.98 Å². The number of carbonyl (C=O) groups excluding carboxylic acids is 2. The van der Waals surface area contributed by atoms with E-state index in [1.54, 1.807) is 32.0 Å². The first-order chi connectivity index (χ1) is 9.37. The molecule has 2 N–H and O–H groups in total. The van der Waals surface area contributed by atoms with Gasteiger partial charge in [0.15, 0.2) is 5.58 Å². The van der Waals surface area contributed by atoms with Crippen molar-refractivity contribution < 1.29 is 14.0 Å². The molecule has 1 aromatic carbocycles. The van der Waals surface area contributed by atoms with Gasteiger partial charge in [-0.05, 0) is 18.2 Å². The van der Waals surface area contributed by atoms with Crippen LogP contribution in [-0.2, 0) is 16.1 Å². The van der Waals surface area contributed by atoms with Gasteiger partial charge in [0.2, 0.25) is 17.7 Å². The van der Waals surface area contributed by atoms with Crippen molar-refractivity contribution in [3.05, 3.63) is 24.1 Å². The summed E-state index contributed by atoms with van der Waals surface area (Å²) in [5.74, 6) is -0.0453. The zero-order valence-corrected chi connectivity index (χ0v) is 11.3. The van der Waals surface area contributed by atoms with Gasteiger partial charge in [0, 0.05) is 12.1 Å². The number of nitrogens with zero attached hydrogens (tertiary/aromatic N) is 2. The number of hydrogen-bond acceptors (Lipinski definition) is 5. The van der Waals surface area contributed by atoms with Crippen molar-refractivity contribution in [3.63, 3.8) is 0 Å². The lowest BCUT2D eigenvalue weighted by Crippen LogP contribution is -2.32. The maximum absolute atomic E-state index is 12.1. The molecule has 0 unspecified atom stereocenters. The van der Waals surface area contributed by atoms with Crippen LogP contribution in [0, 0.1) is 5.41 Å². The molecule has 2 amide bonds. The molecule has 0 saturated carbocycles. The molecule has 2 heterocycles. The highest BCUT2D eigenvalue weighted by Gasteiger charge is 2.45. The SMILES string of the molecule is CC1(C)CC(=O)N(Cc2nc3cc(N)ccc3o2)C1=O. The average molecular weight is 273 g/mol. The minimum Gasteiger partial charge on any atom is -0.439 e. The van der Waals surface area contributed by atoms with E-state index in [2.05, 4.69) is 4.98 Å². The fraction of sp³-hybridized carbons (Fsp3) is 0.357. The zero-order chi connectivity index (χ0) is 14.5. The van der Waals surface area contributed by atoms with Gasteiger partial charge in [0.1, 0.15) is 12.1 Å². The molecule has 2 aromatic rings. The monoisotopic (exact) mass is 273 g/mol. The van der Waals surface area contributed by atoms with E-state index in [0.717, 1.165) is 0 Å². The van der Waals surface area contributed by atoms with Crippen molar-refractivity contribution in [2.75, 3.05) is 5.73 Å². The third-order valence-corrected chi connectivity index (χ3v) is 3.47. The predicted molar refractivity (Wildman–Crippen MR) is 72.4 cm³/mol. The molecule has 0 aliphatic carbocycles. The number of carbonyl (C=O) groups is 2. The van der Waals surface area contributed by atoms with Gasteiger partial charge in [0.25, 0.3) is 0 Å². The van der Waals surface area contributed by atoms with Gasteiger partial charge in [-0.2, -0.15) is 0 Å². The van der Waals surface area contributed by atoms with Crippen LogP contribution in [0.3, 0.4) is 0 Å².